The summed E-state index contributed by atoms with van der Waals surface area (Å²) in [7, 11) is 0. The normalized spacial score (nSPS) is 15.9. The molecular formula is C34H37ClN2O3S. The number of hydrogen-bond acceptors (Lipinski definition) is 4. The van der Waals surface area contributed by atoms with E-state index in [4.69, 9.17) is 21.3 Å². The summed E-state index contributed by atoms with van der Waals surface area (Å²) < 4.78 is 8.48. The number of nitrogens with zero attached hydrogens (tertiary/aromatic N) is 2. The molecule has 0 aliphatic heterocycles. The summed E-state index contributed by atoms with van der Waals surface area (Å²) in [5.41, 5.74) is 4.14. The Morgan fingerprint density at radius 3 is 2.61 bits per heavy atom. The van der Waals surface area contributed by atoms with Crippen molar-refractivity contribution < 1.29 is 14.6 Å². The number of hydrogen-bond donors (Lipinski definition) is 1. The fraction of sp³-hybridized carbons (Fsp3) is 0.353. The molecule has 2 aromatic heterocycles. The largest absolute Gasteiger partial charge is 0.487 e. The van der Waals surface area contributed by atoms with Crippen molar-refractivity contribution in [3.8, 4) is 5.75 Å². The van der Waals surface area contributed by atoms with Crippen molar-refractivity contribution in [3.63, 3.8) is 0 Å². The number of benzene rings is 2. The Bertz CT molecular complexity index is 1660. The topological polar surface area (TPSA) is 64.3 Å². The Kier molecular flexibility index (Phi) is 8.27. The van der Waals surface area contributed by atoms with Gasteiger partial charge in [-0.25, -0.2) is 4.98 Å². The summed E-state index contributed by atoms with van der Waals surface area (Å²) >= 11 is 8.08. The third-order valence-electron chi connectivity index (χ3n) is 7.20. The van der Waals surface area contributed by atoms with Gasteiger partial charge in [-0.2, -0.15) is 0 Å². The van der Waals surface area contributed by atoms with Gasteiger partial charge in [-0.1, -0.05) is 63.3 Å². The zero-order valence-corrected chi connectivity index (χ0v) is 25.9. The van der Waals surface area contributed by atoms with Gasteiger partial charge in [0.2, 0.25) is 0 Å². The lowest BCUT2D eigenvalue weighted by molar-refractivity contribution is -0.146. The fourth-order valence-corrected chi connectivity index (χ4v) is 6.35. The molecule has 1 N–H and O–H groups in total. The number of carboxylic acids is 1. The molecule has 0 fully saturated rings. The molecule has 0 saturated carbocycles. The Balaban J connectivity index is 1.57. The quantitative estimate of drug-likeness (QED) is 0.156. The minimum atomic E-state index is -0.932. The van der Waals surface area contributed by atoms with Gasteiger partial charge < -0.3 is 14.4 Å². The zero-order chi connectivity index (χ0) is 29.4. The van der Waals surface area contributed by atoms with Gasteiger partial charge in [-0.15, -0.1) is 23.4 Å². The fourth-order valence-electron chi connectivity index (χ4n) is 5.00. The molecule has 2 heterocycles. The smallest absolute Gasteiger partial charge is 0.309 e. The van der Waals surface area contributed by atoms with Gasteiger partial charge in [-0.05, 0) is 56.2 Å². The number of ether oxygens (including phenoxy) is 1. The van der Waals surface area contributed by atoms with Crippen LogP contribution in [0.3, 0.4) is 0 Å². The second kappa shape index (κ2) is 11.6. The maximum absolute atomic E-state index is 12.3. The van der Waals surface area contributed by atoms with Gasteiger partial charge in [0, 0.05) is 44.6 Å². The first-order chi connectivity index (χ1) is 19.4. The predicted molar refractivity (Wildman–Crippen MR) is 170 cm³/mol. The third kappa shape index (κ3) is 6.82. The number of aromatic nitrogens is 2. The highest BCUT2D eigenvalue weighted by molar-refractivity contribution is 8.00. The van der Waals surface area contributed by atoms with E-state index in [0.29, 0.717) is 19.6 Å². The van der Waals surface area contributed by atoms with Gasteiger partial charge in [0.1, 0.15) is 12.4 Å². The van der Waals surface area contributed by atoms with Crippen LogP contribution in [0.25, 0.3) is 21.8 Å². The van der Waals surface area contributed by atoms with Crippen molar-refractivity contribution in [2.24, 2.45) is 5.41 Å². The number of para-hydroxylation sites is 1. The van der Waals surface area contributed by atoms with Crippen LogP contribution in [0.4, 0.5) is 0 Å². The van der Waals surface area contributed by atoms with E-state index in [1.165, 1.54) is 5.57 Å². The van der Waals surface area contributed by atoms with Gasteiger partial charge in [0.15, 0.2) is 0 Å². The first-order valence-electron chi connectivity index (χ1n) is 14.0. The molecule has 4 aromatic rings. The summed E-state index contributed by atoms with van der Waals surface area (Å²) in [5.74, 6) is -0.0548. The van der Waals surface area contributed by atoms with E-state index >= 15 is 0 Å². The number of aliphatic carboxylic acids is 1. The van der Waals surface area contributed by atoms with Crippen molar-refractivity contribution >= 4 is 51.1 Å². The second-order valence-corrected chi connectivity index (χ2v) is 14.7. The van der Waals surface area contributed by atoms with Crippen molar-refractivity contribution in [1.82, 2.24) is 9.55 Å². The Labute approximate surface area is 251 Å². The highest BCUT2D eigenvalue weighted by atomic mass is 35.5. The Hall–Kier alpha value is -3.22. The van der Waals surface area contributed by atoms with Gasteiger partial charge in [0.05, 0.1) is 22.0 Å². The van der Waals surface area contributed by atoms with Gasteiger partial charge in [-0.3, -0.25) is 4.79 Å². The monoisotopic (exact) mass is 588 g/mol. The molecule has 0 spiro atoms. The van der Waals surface area contributed by atoms with E-state index < -0.39 is 11.4 Å². The molecule has 2 aromatic carbocycles. The van der Waals surface area contributed by atoms with Crippen LogP contribution < -0.4 is 4.74 Å². The first-order valence-corrected chi connectivity index (χ1v) is 15.2. The van der Waals surface area contributed by atoms with Crippen molar-refractivity contribution in [3.05, 3.63) is 89.8 Å². The SMILES string of the molecule is CC(C)(C)Sc1c(CC(C)(C)C(=O)O)n(CC2=CCC(Cl)C=C2)c2ccc(OCc3ccc4ccccc4n3)cc12. The van der Waals surface area contributed by atoms with Crippen LogP contribution in [-0.2, 0) is 24.4 Å². The molecule has 5 rings (SSSR count). The summed E-state index contributed by atoms with van der Waals surface area (Å²) in [5, 5.41) is 12.2. The molecule has 214 valence electrons. The number of carboxylic acid groups (broad SMARTS) is 1. The summed E-state index contributed by atoms with van der Waals surface area (Å²) in [6.07, 6.45) is 7.49. The van der Waals surface area contributed by atoms with E-state index in [1.54, 1.807) is 25.6 Å². The second-order valence-electron chi connectivity index (χ2n) is 12.3. The van der Waals surface area contributed by atoms with Crippen LogP contribution in [0.5, 0.6) is 5.75 Å². The molecule has 1 atom stereocenters. The molecular weight excluding hydrogens is 552 g/mol. The van der Waals surface area contributed by atoms with Crippen LogP contribution >= 0.6 is 23.4 Å². The summed E-state index contributed by atoms with van der Waals surface area (Å²) in [6.45, 7) is 11.2. The molecule has 0 radical (unpaired) electrons. The molecule has 0 bridgehead atoms. The number of alkyl halides is 1. The average Bonchev–Trinajstić information content (AvgIpc) is 3.18. The van der Waals surface area contributed by atoms with Crippen LogP contribution in [0.15, 0.2) is 83.3 Å². The number of carbonyl (C=O) groups is 1. The van der Waals surface area contributed by atoms with Gasteiger partial charge in [0.25, 0.3) is 0 Å². The van der Waals surface area contributed by atoms with Crippen molar-refractivity contribution in [2.45, 2.75) is 75.6 Å². The van der Waals surface area contributed by atoms with E-state index in [2.05, 4.69) is 61.8 Å². The standard InChI is InChI=1S/C34H37ClN2O3S/c1-33(2,3)41-31-27-18-26(40-21-25-15-12-23-8-6-7-9-28(23)36-25)16-17-29(27)37(20-22-10-13-24(35)14-11-22)30(31)19-34(4,5)32(38)39/h6-13,15-18,24H,14,19-21H2,1-5H3,(H,38,39). The summed E-state index contributed by atoms with van der Waals surface area (Å²) in [6, 6.07) is 18.3. The Morgan fingerprint density at radius 1 is 1.12 bits per heavy atom. The maximum Gasteiger partial charge on any atom is 0.309 e. The number of rotatable bonds is 9. The maximum atomic E-state index is 12.3. The molecule has 1 aliphatic rings. The zero-order valence-electron chi connectivity index (χ0n) is 24.3. The van der Waals surface area contributed by atoms with E-state index in [9.17, 15) is 9.90 Å². The molecule has 0 amide bonds. The van der Waals surface area contributed by atoms with Crippen molar-refractivity contribution in [2.75, 3.05) is 0 Å². The number of pyridine rings is 1. The lowest BCUT2D eigenvalue weighted by Gasteiger charge is -2.24. The van der Waals surface area contributed by atoms with E-state index in [-0.39, 0.29) is 10.1 Å². The van der Waals surface area contributed by atoms with Crippen LogP contribution in [0.2, 0.25) is 0 Å². The molecule has 0 saturated heterocycles. The first kappa shape index (κ1) is 29.3. The highest BCUT2D eigenvalue weighted by Gasteiger charge is 2.33. The minimum absolute atomic E-state index is 0.00868. The van der Waals surface area contributed by atoms with Crippen LogP contribution in [0, 0.1) is 5.41 Å². The van der Waals surface area contributed by atoms with Crippen LogP contribution in [0.1, 0.15) is 52.4 Å². The number of fused-ring (bicyclic) bond motifs is 2. The average molecular weight is 589 g/mol. The lowest BCUT2D eigenvalue weighted by Crippen LogP contribution is -2.28. The van der Waals surface area contributed by atoms with E-state index in [1.807, 2.05) is 36.4 Å². The van der Waals surface area contributed by atoms with Crippen LogP contribution in [-0.4, -0.2) is 30.8 Å². The molecule has 41 heavy (non-hydrogen) atoms. The Morgan fingerprint density at radius 2 is 1.90 bits per heavy atom. The van der Waals surface area contributed by atoms with Gasteiger partial charge >= 0.3 is 5.97 Å². The number of thioether (sulfide) groups is 1. The molecule has 1 unspecified atom stereocenters. The lowest BCUT2D eigenvalue weighted by atomic mass is 9.88. The number of halogens is 1. The minimum Gasteiger partial charge on any atom is -0.487 e. The van der Waals surface area contributed by atoms with Crippen molar-refractivity contribution in [1.29, 1.82) is 0 Å². The molecule has 7 heteroatoms. The molecule has 5 nitrogen and oxygen atoms in total. The predicted octanol–water partition coefficient (Wildman–Crippen LogP) is 8.81. The summed E-state index contributed by atoms with van der Waals surface area (Å²) in [4.78, 5) is 18.1. The van der Waals surface area contributed by atoms with E-state index in [0.717, 1.165) is 50.3 Å². The molecule has 1 aliphatic carbocycles. The number of allylic oxidation sites excluding steroid dienone is 4. The highest BCUT2D eigenvalue weighted by Crippen LogP contribution is 2.44. The third-order valence-corrected chi connectivity index (χ3v) is 8.79.